The first-order valence-electron chi connectivity index (χ1n) is 16.1. The number of aliphatic hydroxyl groups is 1. The van der Waals surface area contributed by atoms with E-state index in [0.717, 1.165) is 22.3 Å². The zero-order valence-electron chi connectivity index (χ0n) is 25.9. The number of furan rings is 1. The fourth-order valence-corrected chi connectivity index (χ4v) is 7.38. The highest BCUT2D eigenvalue weighted by Crippen LogP contribution is 2.51. The van der Waals surface area contributed by atoms with Crippen LogP contribution in [0.4, 0.5) is 5.69 Å². The van der Waals surface area contributed by atoms with E-state index < -0.39 is 25.1 Å². The number of carbonyl (C=O) groups excluding carboxylic acids is 2. The first-order valence-corrected chi connectivity index (χ1v) is 16.1. The molecule has 238 valence electrons. The molecule has 4 atom stereocenters. The van der Waals surface area contributed by atoms with Crippen molar-refractivity contribution < 1.29 is 33.5 Å². The fraction of sp³-hybridized carbons (Fsp3) is 0.263. The summed E-state index contributed by atoms with van der Waals surface area (Å²) in [7, 11) is -1.08. The molecular weight excluding hydrogens is 593 g/mol. The first-order chi connectivity index (χ1) is 23.0. The molecule has 9 heteroatoms. The summed E-state index contributed by atoms with van der Waals surface area (Å²) in [4.78, 5) is 29.3. The van der Waals surface area contributed by atoms with Crippen molar-refractivity contribution in [3.8, 4) is 5.75 Å². The maximum Gasteiger partial charge on any atom is 0.455 e. The molecule has 3 aromatic carbocycles. The molecule has 8 nitrogen and oxygen atoms in total. The molecule has 3 heterocycles. The summed E-state index contributed by atoms with van der Waals surface area (Å²) in [5.41, 5.74) is 4.48. The Hall–Kier alpha value is -4.70. The highest BCUT2D eigenvalue weighted by Gasteiger charge is 2.57. The summed E-state index contributed by atoms with van der Waals surface area (Å²) >= 11 is 0. The van der Waals surface area contributed by atoms with Gasteiger partial charge in [-0.2, -0.15) is 0 Å². The van der Waals surface area contributed by atoms with Gasteiger partial charge in [0.25, 0.3) is 0 Å². The van der Waals surface area contributed by atoms with Crippen molar-refractivity contribution in [1.29, 1.82) is 0 Å². The number of benzene rings is 3. The topological polar surface area (TPSA) is 109 Å². The molecular formula is C38H36BNO7. The van der Waals surface area contributed by atoms with Crippen molar-refractivity contribution in [3.63, 3.8) is 0 Å². The SMILES string of the molecule is O=C1[C@@H]2[C@@H](CC(COc3ccccc3)=C3[C@@H](CC/C(=C/c4ccc(CO)o4)c4ccccc4)OB(O)C[C@@H]32)C(=O)N1c1ccccc1. The van der Waals surface area contributed by atoms with Crippen molar-refractivity contribution in [1.82, 2.24) is 0 Å². The highest BCUT2D eigenvalue weighted by atomic mass is 16.5. The number of rotatable bonds is 10. The summed E-state index contributed by atoms with van der Waals surface area (Å²) in [5, 5.41) is 20.6. The average Bonchev–Trinajstić information content (AvgIpc) is 3.67. The van der Waals surface area contributed by atoms with Crippen LogP contribution >= 0.6 is 0 Å². The Balaban J connectivity index is 1.23. The minimum Gasteiger partial charge on any atom is -0.489 e. The Morgan fingerprint density at radius 2 is 1.60 bits per heavy atom. The molecule has 47 heavy (non-hydrogen) atoms. The predicted octanol–water partition coefficient (Wildman–Crippen LogP) is 6.17. The molecule has 2 N–H and O–H groups in total. The number of anilines is 1. The van der Waals surface area contributed by atoms with Crippen LogP contribution in [0.3, 0.4) is 0 Å². The zero-order chi connectivity index (χ0) is 32.3. The number of hydrogen-bond acceptors (Lipinski definition) is 7. The van der Waals surface area contributed by atoms with E-state index in [0.29, 0.717) is 42.2 Å². The van der Waals surface area contributed by atoms with Crippen LogP contribution in [0.2, 0.25) is 6.32 Å². The Morgan fingerprint density at radius 1 is 0.894 bits per heavy atom. The molecule has 2 saturated heterocycles. The second-order valence-corrected chi connectivity index (χ2v) is 12.3. The quantitative estimate of drug-likeness (QED) is 0.123. The Bertz CT molecular complexity index is 1790. The Labute approximate surface area is 274 Å². The van der Waals surface area contributed by atoms with Gasteiger partial charge in [-0.05, 0) is 96.3 Å². The number of imide groups is 1. The lowest BCUT2D eigenvalue weighted by atomic mass is 9.58. The van der Waals surface area contributed by atoms with E-state index in [9.17, 15) is 19.7 Å². The number of amides is 2. The molecule has 0 saturated carbocycles. The predicted molar refractivity (Wildman–Crippen MR) is 179 cm³/mol. The largest absolute Gasteiger partial charge is 0.489 e. The number of fused-ring (bicyclic) bond motifs is 3. The summed E-state index contributed by atoms with van der Waals surface area (Å²) in [5.74, 6) is -0.133. The molecule has 2 amide bonds. The Morgan fingerprint density at radius 3 is 2.30 bits per heavy atom. The van der Waals surface area contributed by atoms with Crippen LogP contribution in [0.25, 0.3) is 11.6 Å². The van der Waals surface area contributed by atoms with Crippen molar-refractivity contribution in [3.05, 3.63) is 131 Å². The van der Waals surface area contributed by atoms with E-state index >= 15 is 0 Å². The van der Waals surface area contributed by atoms with Crippen LogP contribution in [-0.2, 0) is 20.9 Å². The van der Waals surface area contributed by atoms with Crippen LogP contribution in [0.5, 0.6) is 5.75 Å². The lowest BCUT2D eigenvalue weighted by Gasteiger charge is -2.43. The third-order valence-electron chi connectivity index (χ3n) is 9.45. The van der Waals surface area contributed by atoms with Gasteiger partial charge in [-0.3, -0.25) is 14.5 Å². The van der Waals surface area contributed by atoms with E-state index in [1.54, 1.807) is 18.2 Å². The van der Waals surface area contributed by atoms with Crippen LogP contribution in [0.1, 0.15) is 36.3 Å². The molecule has 7 rings (SSSR count). The molecule has 2 aliphatic heterocycles. The number of nitrogens with zero attached hydrogens (tertiary/aromatic N) is 1. The third-order valence-corrected chi connectivity index (χ3v) is 9.45. The Kier molecular flexibility index (Phi) is 8.93. The van der Waals surface area contributed by atoms with Gasteiger partial charge in [0, 0.05) is 0 Å². The molecule has 0 spiro atoms. The smallest absolute Gasteiger partial charge is 0.455 e. The van der Waals surface area contributed by atoms with Crippen LogP contribution in [0, 0.1) is 17.8 Å². The van der Waals surface area contributed by atoms with E-state index in [4.69, 9.17) is 13.8 Å². The van der Waals surface area contributed by atoms with E-state index in [1.807, 2.05) is 91.0 Å². The lowest BCUT2D eigenvalue weighted by molar-refractivity contribution is -0.122. The number of ether oxygens (including phenoxy) is 1. The van der Waals surface area contributed by atoms with Gasteiger partial charge in [-0.15, -0.1) is 0 Å². The van der Waals surface area contributed by atoms with Crippen molar-refractivity contribution >= 4 is 36.3 Å². The van der Waals surface area contributed by atoms with Gasteiger partial charge in [0.2, 0.25) is 11.8 Å². The van der Waals surface area contributed by atoms with Gasteiger partial charge in [-0.25, -0.2) is 0 Å². The van der Waals surface area contributed by atoms with Crippen LogP contribution < -0.4 is 9.64 Å². The van der Waals surface area contributed by atoms with E-state index in [-0.39, 0.29) is 37.3 Å². The third kappa shape index (κ3) is 6.34. The number of hydrogen-bond donors (Lipinski definition) is 2. The number of aliphatic hydroxyl groups excluding tert-OH is 1. The number of allylic oxidation sites excluding steroid dienone is 1. The zero-order valence-corrected chi connectivity index (χ0v) is 25.9. The second-order valence-electron chi connectivity index (χ2n) is 12.3. The molecule has 3 aliphatic rings. The van der Waals surface area contributed by atoms with Gasteiger partial charge in [0.05, 0.1) is 23.6 Å². The summed E-state index contributed by atoms with van der Waals surface area (Å²) < 4.78 is 18.3. The monoisotopic (exact) mass is 629 g/mol. The second kappa shape index (κ2) is 13.6. The molecule has 1 aliphatic carbocycles. The van der Waals surface area contributed by atoms with E-state index in [1.165, 1.54) is 4.90 Å². The molecule has 4 aromatic rings. The molecule has 0 bridgehead atoms. The molecule has 1 aromatic heterocycles. The maximum atomic E-state index is 14.1. The maximum absolute atomic E-state index is 14.1. The van der Waals surface area contributed by atoms with Crippen LogP contribution in [-0.4, -0.2) is 41.8 Å². The molecule has 0 radical (unpaired) electrons. The van der Waals surface area contributed by atoms with Crippen molar-refractivity contribution in [2.45, 2.75) is 38.3 Å². The van der Waals surface area contributed by atoms with Crippen molar-refractivity contribution in [2.75, 3.05) is 11.5 Å². The van der Waals surface area contributed by atoms with Gasteiger partial charge in [0.1, 0.15) is 30.5 Å². The van der Waals surface area contributed by atoms with Crippen LogP contribution in [0.15, 0.2) is 119 Å². The summed E-state index contributed by atoms with van der Waals surface area (Å²) in [6.45, 7) is 0.0658. The minimum atomic E-state index is -1.08. The van der Waals surface area contributed by atoms with Gasteiger partial charge in [0.15, 0.2) is 0 Å². The normalized spacial score (nSPS) is 22.8. The fourth-order valence-electron chi connectivity index (χ4n) is 7.38. The van der Waals surface area contributed by atoms with E-state index in [2.05, 4.69) is 0 Å². The van der Waals surface area contributed by atoms with Gasteiger partial charge in [-0.1, -0.05) is 66.7 Å². The lowest BCUT2D eigenvalue weighted by Crippen LogP contribution is -2.46. The number of para-hydroxylation sites is 2. The standard InChI is InChI=1S/C38H36BNO7/c41-23-31-18-17-30(46-31)20-26(25-10-4-1-5-11-25)16-19-34-35-27(24-45-29-14-8-3-9-15-29)21-32-36(33(35)22-39(44)47-34)38(43)40(37(32)42)28-12-6-2-7-13-28/h1-15,17-18,20,32-34,36,41,44H,16,19,21-24H2/b26-20-/t32-,33+,34-,36-/m1/s1. The average molecular weight is 630 g/mol. The van der Waals surface area contributed by atoms with Gasteiger partial charge >= 0.3 is 7.12 Å². The van der Waals surface area contributed by atoms with Gasteiger partial charge < -0.3 is 23.9 Å². The number of carbonyl (C=O) groups is 2. The summed E-state index contributed by atoms with van der Waals surface area (Å²) in [6.07, 6.45) is 3.17. The summed E-state index contributed by atoms with van der Waals surface area (Å²) in [6, 6.07) is 32.1. The minimum absolute atomic E-state index is 0.184. The first kappa shape index (κ1) is 30.9. The molecule has 2 fully saturated rings. The highest BCUT2D eigenvalue weighted by molar-refractivity contribution is 6.43. The molecule has 0 unspecified atom stereocenters. The van der Waals surface area contributed by atoms with Crippen molar-refractivity contribution in [2.24, 2.45) is 17.8 Å².